The number of amides is 2. The number of nitrogens with one attached hydrogen (secondary N) is 2. The van der Waals surface area contributed by atoms with E-state index in [1.807, 2.05) is 19.1 Å². The molecule has 0 radical (unpaired) electrons. The molecule has 2 N–H and O–H groups in total. The number of hydrogen-bond donors (Lipinski definition) is 2. The van der Waals surface area contributed by atoms with Crippen molar-refractivity contribution in [2.45, 2.75) is 70.4 Å². The Labute approximate surface area is 166 Å². The lowest BCUT2D eigenvalue weighted by Crippen LogP contribution is -2.52. The summed E-state index contributed by atoms with van der Waals surface area (Å²) in [6.45, 7) is 7.30. The number of nitrogens with zero attached hydrogens (tertiary/aromatic N) is 1. The van der Waals surface area contributed by atoms with E-state index in [1.165, 1.54) is 6.42 Å². The van der Waals surface area contributed by atoms with Crippen molar-refractivity contribution in [2.24, 2.45) is 11.8 Å². The Bertz CT molecular complexity index is 700. The molecule has 0 aromatic carbocycles. The summed E-state index contributed by atoms with van der Waals surface area (Å²) in [5.74, 6) is 1.99. The minimum absolute atomic E-state index is 0.128. The Morgan fingerprint density at radius 3 is 2.71 bits per heavy atom. The van der Waals surface area contributed by atoms with Gasteiger partial charge in [-0.1, -0.05) is 13.8 Å². The summed E-state index contributed by atoms with van der Waals surface area (Å²) >= 11 is 0. The van der Waals surface area contributed by atoms with Gasteiger partial charge in [0, 0.05) is 12.2 Å². The normalized spacial score (nSPS) is 37.3. The summed E-state index contributed by atoms with van der Waals surface area (Å²) in [4.78, 5) is 16.8. The van der Waals surface area contributed by atoms with E-state index in [0.717, 1.165) is 30.2 Å². The van der Waals surface area contributed by atoms with Gasteiger partial charge in [-0.05, 0) is 50.2 Å². The molecule has 3 heterocycles. The molecule has 0 spiro atoms. The second-order valence-electron chi connectivity index (χ2n) is 8.57. The Hall–Kier alpha value is -1.86. The molecular weight excluding hydrogens is 358 g/mol. The van der Waals surface area contributed by atoms with Gasteiger partial charge in [-0.25, -0.2) is 4.79 Å². The molecule has 3 unspecified atom stereocenters. The van der Waals surface area contributed by atoms with Crippen LogP contribution < -0.4 is 15.4 Å². The van der Waals surface area contributed by atoms with E-state index < -0.39 is 0 Å². The van der Waals surface area contributed by atoms with Gasteiger partial charge in [-0.3, -0.25) is 4.98 Å². The summed E-state index contributed by atoms with van der Waals surface area (Å²) in [5, 5.41) is 6.21. The molecule has 2 saturated heterocycles. The first-order valence-corrected chi connectivity index (χ1v) is 10.4. The predicted molar refractivity (Wildman–Crippen MR) is 104 cm³/mol. The highest BCUT2D eigenvalue weighted by atomic mass is 16.6. The molecular formula is C21H31N3O4. The van der Waals surface area contributed by atoms with Crippen LogP contribution >= 0.6 is 0 Å². The summed E-state index contributed by atoms with van der Waals surface area (Å²) in [6.07, 6.45) is 4.56. The monoisotopic (exact) mass is 389 g/mol. The predicted octanol–water partition coefficient (Wildman–Crippen LogP) is 2.43. The molecule has 7 nitrogen and oxygen atoms in total. The third-order valence-corrected chi connectivity index (χ3v) is 6.31. The number of urea groups is 1. The van der Waals surface area contributed by atoms with Crippen LogP contribution in [0.5, 0.6) is 5.75 Å². The topological polar surface area (TPSA) is 81.7 Å². The van der Waals surface area contributed by atoms with Crippen LogP contribution in [0.1, 0.15) is 38.8 Å². The average Bonchev–Trinajstić information content (AvgIpc) is 3.23. The van der Waals surface area contributed by atoms with Gasteiger partial charge >= 0.3 is 6.03 Å². The zero-order valence-corrected chi connectivity index (χ0v) is 16.9. The van der Waals surface area contributed by atoms with Crippen molar-refractivity contribution in [3.8, 4) is 5.75 Å². The number of aromatic nitrogens is 1. The van der Waals surface area contributed by atoms with Crippen LogP contribution in [0, 0.1) is 18.8 Å². The van der Waals surface area contributed by atoms with Gasteiger partial charge in [0.05, 0.1) is 24.9 Å². The van der Waals surface area contributed by atoms with E-state index in [1.54, 1.807) is 6.20 Å². The van der Waals surface area contributed by atoms with Crippen molar-refractivity contribution in [2.75, 3.05) is 13.2 Å². The van der Waals surface area contributed by atoms with E-state index in [-0.39, 0.29) is 36.4 Å². The molecule has 1 aromatic heterocycles. The molecule has 3 fully saturated rings. The molecule has 2 amide bonds. The fourth-order valence-electron chi connectivity index (χ4n) is 4.70. The van der Waals surface area contributed by atoms with Crippen LogP contribution in [0.2, 0.25) is 0 Å². The van der Waals surface area contributed by atoms with Crippen LogP contribution in [0.3, 0.4) is 0 Å². The maximum Gasteiger partial charge on any atom is 0.315 e. The first kappa shape index (κ1) is 19.5. The zero-order chi connectivity index (χ0) is 19.7. The number of fused-ring (bicyclic) bond motifs is 1. The molecule has 4 rings (SSSR count). The first-order valence-electron chi connectivity index (χ1n) is 10.4. The lowest BCUT2D eigenvalue weighted by Gasteiger charge is -2.33. The van der Waals surface area contributed by atoms with Crippen LogP contribution in [0.15, 0.2) is 18.3 Å². The molecule has 2 aliphatic heterocycles. The summed E-state index contributed by atoms with van der Waals surface area (Å²) in [7, 11) is 0. The molecule has 28 heavy (non-hydrogen) atoms. The fourth-order valence-corrected chi connectivity index (χ4v) is 4.70. The highest BCUT2D eigenvalue weighted by Crippen LogP contribution is 2.31. The van der Waals surface area contributed by atoms with Crippen molar-refractivity contribution in [3.63, 3.8) is 0 Å². The summed E-state index contributed by atoms with van der Waals surface area (Å²) in [6, 6.07) is 3.71. The Morgan fingerprint density at radius 1 is 1.14 bits per heavy atom. The van der Waals surface area contributed by atoms with Crippen LogP contribution in [0.25, 0.3) is 0 Å². The lowest BCUT2D eigenvalue weighted by molar-refractivity contribution is 0.0299. The largest absolute Gasteiger partial charge is 0.483 e. The van der Waals surface area contributed by atoms with Crippen LogP contribution in [-0.2, 0) is 9.47 Å². The minimum Gasteiger partial charge on any atom is -0.483 e. The van der Waals surface area contributed by atoms with Gasteiger partial charge in [-0.2, -0.15) is 0 Å². The maximum absolute atomic E-state index is 12.5. The SMILES string of the molecule is Cc1ncccc1O[C@H]1CO[C@H]2[C@@H]1OC[C@@H]2NC(=O)NC1CCC(C)CC1C. The highest BCUT2D eigenvalue weighted by molar-refractivity contribution is 5.74. The van der Waals surface area contributed by atoms with E-state index in [0.29, 0.717) is 19.1 Å². The van der Waals surface area contributed by atoms with Crippen molar-refractivity contribution in [3.05, 3.63) is 24.0 Å². The van der Waals surface area contributed by atoms with Gasteiger partial charge in [0.15, 0.2) is 6.10 Å². The second-order valence-corrected chi connectivity index (χ2v) is 8.57. The van der Waals surface area contributed by atoms with Crippen LogP contribution in [0.4, 0.5) is 4.79 Å². The molecule has 0 bridgehead atoms. The quantitative estimate of drug-likeness (QED) is 0.827. The Balaban J connectivity index is 1.30. The number of carbonyl (C=O) groups is 1. The molecule has 7 heteroatoms. The Kier molecular flexibility index (Phi) is 5.73. The first-order chi connectivity index (χ1) is 13.5. The zero-order valence-electron chi connectivity index (χ0n) is 16.9. The maximum atomic E-state index is 12.5. The fraction of sp³-hybridized carbons (Fsp3) is 0.714. The third-order valence-electron chi connectivity index (χ3n) is 6.31. The van der Waals surface area contributed by atoms with Crippen LogP contribution in [-0.4, -0.2) is 54.6 Å². The van der Waals surface area contributed by atoms with E-state index in [2.05, 4.69) is 29.5 Å². The molecule has 1 aromatic rings. The molecule has 7 atom stereocenters. The third kappa shape index (κ3) is 4.10. The van der Waals surface area contributed by atoms with Gasteiger partial charge in [-0.15, -0.1) is 0 Å². The minimum atomic E-state index is -0.192. The lowest BCUT2D eigenvalue weighted by atomic mass is 9.80. The average molecular weight is 389 g/mol. The summed E-state index contributed by atoms with van der Waals surface area (Å²) in [5.41, 5.74) is 0.842. The molecule has 3 aliphatic rings. The molecule has 154 valence electrons. The Morgan fingerprint density at radius 2 is 1.93 bits per heavy atom. The smallest absolute Gasteiger partial charge is 0.315 e. The number of carbonyl (C=O) groups excluding carboxylic acids is 1. The van der Waals surface area contributed by atoms with E-state index in [9.17, 15) is 4.79 Å². The van der Waals surface area contributed by atoms with Crippen molar-refractivity contribution in [1.82, 2.24) is 15.6 Å². The second kappa shape index (κ2) is 8.25. The molecule has 1 aliphatic carbocycles. The van der Waals surface area contributed by atoms with E-state index in [4.69, 9.17) is 14.2 Å². The van der Waals surface area contributed by atoms with Crippen molar-refractivity contribution in [1.29, 1.82) is 0 Å². The van der Waals surface area contributed by atoms with Crippen molar-refractivity contribution >= 4 is 6.03 Å². The van der Waals surface area contributed by atoms with E-state index >= 15 is 0 Å². The number of ether oxygens (including phenoxy) is 3. The van der Waals surface area contributed by atoms with Gasteiger partial charge in [0.25, 0.3) is 0 Å². The summed E-state index contributed by atoms with van der Waals surface area (Å²) < 4.78 is 17.9. The standard InChI is InChI=1S/C21H31N3O4/c1-12-6-7-15(13(2)9-12)23-21(25)24-16-10-26-20-18(11-27-19(16)20)28-17-5-4-8-22-14(17)3/h4-5,8,12-13,15-16,18-20H,6-7,9-11H2,1-3H3,(H2,23,24,25)/t12?,13?,15?,16-,18-,19+,20+/m0/s1. The number of rotatable bonds is 4. The van der Waals surface area contributed by atoms with Crippen molar-refractivity contribution < 1.29 is 19.0 Å². The highest BCUT2D eigenvalue weighted by Gasteiger charge is 2.49. The van der Waals surface area contributed by atoms with Gasteiger partial charge in [0.2, 0.25) is 0 Å². The molecule has 1 saturated carbocycles. The number of pyridine rings is 1. The van der Waals surface area contributed by atoms with Gasteiger partial charge < -0.3 is 24.8 Å². The number of aryl methyl sites for hydroxylation is 1. The van der Waals surface area contributed by atoms with Gasteiger partial charge in [0.1, 0.15) is 18.0 Å². The number of hydrogen-bond acceptors (Lipinski definition) is 5.